The van der Waals surface area contributed by atoms with Crippen LogP contribution in [0.4, 0.5) is 5.13 Å². The van der Waals surface area contributed by atoms with Crippen LogP contribution in [0.15, 0.2) is 0 Å². The zero-order valence-electron chi connectivity index (χ0n) is 9.44. The molecule has 2 saturated carbocycles. The van der Waals surface area contributed by atoms with Gasteiger partial charge in [0.1, 0.15) is 5.82 Å². The first kappa shape index (κ1) is 10.5. The smallest absolute Gasteiger partial charge is 0.203 e. The van der Waals surface area contributed by atoms with E-state index in [1.807, 2.05) is 0 Å². The summed E-state index contributed by atoms with van der Waals surface area (Å²) in [4.78, 5) is 4.50. The van der Waals surface area contributed by atoms with E-state index in [1.54, 1.807) is 0 Å². The van der Waals surface area contributed by atoms with Crippen LogP contribution in [0.3, 0.4) is 0 Å². The summed E-state index contributed by atoms with van der Waals surface area (Å²) < 4.78 is 4.36. The Bertz CT molecular complexity index is 386. The Balaban J connectivity index is 1.71. The van der Waals surface area contributed by atoms with Gasteiger partial charge in [-0.1, -0.05) is 0 Å². The minimum absolute atomic E-state index is 0.163. The number of hydrogen-bond acceptors (Lipinski definition) is 5. The second kappa shape index (κ2) is 3.67. The fourth-order valence-electron chi connectivity index (χ4n) is 2.03. The van der Waals surface area contributed by atoms with Crippen molar-refractivity contribution < 1.29 is 5.11 Å². The van der Waals surface area contributed by atoms with Gasteiger partial charge in [0.15, 0.2) is 0 Å². The van der Waals surface area contributed by atoms with Gasteiger partial charge in [0.25, 0.3) is 0 Å². The monoisotopic (exact) mass is 239 g/mol. The van der Waals surface area contributed by atoms with Crippen molar-refractivity contribution >= 4 is 16.7 Å². The maximum atomic E-state index is 9.48. The molecule has 1 unspecified atom stereocenters. The van der Waals surface area contributed by atoms with Gasteiger partial charge in [-0.15, -0.1) is 0 Å². The van der Waals surface area contributed by atoms with Crippen LogP contribution in [0.1, 0.15) is 44.3 Å². The van der Waals surface area contributed by atoms with Gasteiger partial charge < -0.3 is 10.4 Å². The van der Waals surface area contributed by atoms with E-state index >= 15 is 0 Å². The van der Waals surface area contributed by atoms with Crippen LogP contribution in [-0.4, -0.2) is 26.6 Å². The normalized spacial score (nSPS) is 24.1. The highest BCUT2D eigenvalue weighted by molar-refractivity contribution is 7.09. The van der Waals surface area contributed by atoms with E-state index in [9.17, 15) is 5.11 Å². The summed E-state index contributed by atoms with van der Waals surface area (Å²) in [6.45, 7) is 2.23. The Morgan fingerprint density at radius 1 is 1.44 bits per heavy atom. The molecule has 0 spiro atoms. The van der Waals surface area contributed by atoms with Crippen LogP contribution in [-0.2, 0) is 0 Å². The van der Waals surface area contributed by atoms with E-state index in [2.05, 4.69) is 21.6 Å². The molecule has 0 aliphatic heterocycles. The van der Waals surface area contributed by atoms with Gasteiger partial charge in [0.05, 0.1) is 12.1 Å². The molecule has 3 rings (SSSR count). The molecule has 16 heavy (non-hydrogen) atoms. The predicted octanol–water partition coefficient (Wildman–Crippen LogP) is 1.99. The second-order valence-corrected chi connectivity index (χ2v) is 5.96. The topological polar surface area (TPSA) is 58.0 Å². The van der Waals surface area contributed by atoms with Crippen molar-refractivity contribution in [3.63, 3.8) is 0 Å². The highest BCUT2D eigenvalue weighted by atomic mass is 32.1. The molecule has 0 aromatic carbocycles. The lowest BCUT2D eigenvalue weighted by Crippen LogP contribution is -2.41. The molecule has 2 N–H and O–H groups in total. The molecule has 2 aliphatic carbocycles. The summed E-state index contributed by atoms with van der Waals surface area (Å²) in [5, 5.41) is 13.7. The third kappa shape index (κ3) is 1.94. The lowest BCUT2D eigenvalue weighted by atomic mass is 9.97. The average Bonchev–Trinajstić information content (AvgIpc) is 3.17. The molecule has 4 nitrogen and oxygen atoms in total. The molecule has 0 bridgehead atoms. The minimum Gasteiger partial charge on any atom is -0.394 e. The third-order valence-electron chi connectivity index (χ3n) is 3.58. The molecule has 1 aromatic heterocycles. The third-order valence-corrected chi connectivity index (χ3v) is 4.23. The van der Waals surface area contributed by atoms with Crippen molar-refractivity contribution in [2.45, 2.75) is 44.1 Å². The van der Waals surface area contributed by atoms with Crippen molar-refractivity contribution in [1.29, 1.82) is 0 Å². The van der Waals surface area contributed by atoms with Crippen molar-refractivity contribution in [3.8, 4) is 0 Å². The van der Waals surface area contributed by atoms with E-state index < -0.39 is 0 Å². The molecule has 2 fully saturated rings. The summed E-state index contributed by atoms with van der Waals surface area (Å²) >= 11 is 1.42. The molecular formula is C11H17N3OS. The molecule has 1 atom stereocenters. The van der Waals surface area contributed by atoms with Gasteiger partial charge in [-0.2, -0.15) is 4.37 Å². The molecule has 0 amide bonds. The molecule has 1 heterocycles. The average molecular weight is 239 g/mol. The quantitative estimate of drug-likeness (QED) is 0.825. The molecule has 2 aliphatic rings. The highest BCUT2D eigenvalue weighted by Crippen LogP contribution is 2.43. The maximum absolute atomic E-state index is 9.48. The summed E-state index contributed by atoms with van der Waals surface area (Å²) in [6, 6.07) is 0. The van der Waals surface area contributed by atoms with Crippen LogP contribution < -0.4 is 5.32 Å². The van der Waals surface area contributed by atoms with Crippen molar-refractivity contribution in [3.05, 3.63) is 5.82 Å². The minimum atomic E-state index is -0.208. The molecular weight excluding hydrogens is 222 g/mol. The van der Waals surface area contributed by atoms with Gasteiger partial charge in [-0.25, -0.2) is 4.98 Å². The SMILES string of the molecule is CC(CO)(Nc1nc(C2CC2)ns1)C1CC1. The number of nitrogens with one attached hydrogen (secondary N) is 1. The van der Waals surface area contributed by atoms with Crippen LogP contribution in [0.25, 0.3) is 0 Å². The van der Waals surface area contributed by atoms with E-state index in [0.717, 1.165) is 11.0 Å². The summed E-state index contributed by atoms with van der Waals surface area (Å²) in [7, 11) is 0. The molecule has 88 valence electrons. The van der Waals surface area contributed by atoms with Crippen molar-refractivity contribution in [2.24, 2.45) is 5.92 Å². The first-order valence-corrected chi connectivity index (χ1v) is 6.71. The van der Waals surface area contributed by atoms with E-state index in [-0.39, 0.29) is 12.1 Å². The van der Waals surface area contributed by atoms with Gasteiger partial charge in [-0.05, 0) is 38.5 Å². The number of nitrogens with zero attached hydrogens (tertiary/aromatic N) is 2. The summed E-state index contributed by atoms with van der Waals surface area (Å²) in [5.41, 5.74) is -0.208. The van der Waals surface area contributed by atoms with Gasteiger partial charge in [0.2, 0.25) is 5.13 Å². The Morgan fingerprint density at radius 2 is 2.19 bits per heavy atom. The number of aliphatic hydroxyl groups is 1. The van der Waals surface area contributed by atoms with Gasteiger partial charge in [-0.3, -0.25) is 0 Å². The van der Waals surface area contributed by atoms with Crippen molar-refractivity contribution in [1.82, 2.24) is 9.36 Å². The Labute approximate surface area is 99.3 Å². The predicted molar refractivity (Wildman–Crippen MR) is 63.7 cm³/mol. The van der Waals surface area contributed by atoms with Crippen LogP contribution >= 0.6 is 11.5 Å². The summed E-state index contributed by atoms with van der Waals surface area (Å²) in [6.07, 6.45) is 4.88. The van der Waals surface area contributed by atoms with E-state index in [4.69, 9.17) is 0 Å². The van der Waals surface area contributed by atoms with Gasteiger partial charge in [0, 0.05) is 17.5 Å². The van der Waals surface area contributed by atoms with E-state index in [0.29, 0.717) is 11.8 Å². The first-order valence-electron chi connectivity index (χ1n) is 5.94. The number of aromatic nitrogens is 2. The number of hydrogen-bond donors (Lipinski definition) is 2. The summed E-state index contributed by atoms with van der Waals surface area (Å²) in [5.74, 6) is 2.18. The molecule has 1 aromatic rings. The lowest BCUT2D eigenvalue weighted by Gasteiger charge is -2.28. The fourth-order valence-corrected chi connectivity index (χ4v) is 2.81. The molecule has 5 heteroatoms. The maximum Gasteiger partial charge on any atom is 0.203 e. The van der Waals surface area contributed by atoms with Crippen LogP contribution in [0.5, 0.6) is 0 Å². The number of anilines is 1. The Morgan fingerprint density at radius 3 is 2.75 bits per heavy atom. The largest absolute Gasteiger partial charge is 0.394 e. The Hall–Kier alpha value is -0.680. The molecule has 0 radical (unpaired) electrons. The van der Waals surface area contributed by atoms with E-state index in [1.165, 1.54) is 37.2 Å². The molecule has 0 saturated heterocycles. The van der Waals surface area contributed by atoms with Crippen LogP contribution in [0, 0.1) is 5.92 Å². The highest BCUT2D eigenvalue weighted by Gasteiger charge is 2.41. The Kier molecular flexibility index (Phi) is 2.40. The van der Waals surface area contributed by atoms with Gasteiger partial charge >= 0.3 is 0 Å². The zero-order chi connectivity index (χ0) is 11.2. The van der Waals surface area contributed by atoms with Crippen LogP contribution in [0.2, 0.25) is 0 Å². The van der Waals surface area contributed by atoms with Crippen molar-refractivity contribution in [2.75, 3.05) is 11.9 Å². The fraction of sp³-hybridized carbons (Fsp3) is 0.818. The lowest BCUT2D eigenvalue weighted by molar-refractivity contribution is 0.206. The number of aliphatic hydroxyl groups excluding tert-OH is 1. The zero-order valence-corrected chi connectivity index (χ0v) is 10.3. The first-order chi connectivity index (χ1) is 7.71. The number of rotatable bonds is 5. The second-order valence-electron chi connectivity index (χ2n) is 5.21. The standard InChI is InChI=1S/C11H17N3OS/c1-11(6-15,8-4-5-8)13-10-12-9(14-16-10)7-2-3-7/h7-8,15H,2-6H2,1H3,(H,12,13,14).